The second-order valence-electron chi connectivity index (χ2n) is 4.27. The van der Waals surface area contributed by atoms with E-state index in [2.05, 4.69) is 29.5 Å². The van der Waals surface area contributed by atoms with Crippen LogP contribution in [0.2, 0.25) is 0 Å². The Labute approximate surface area is 80.2 Å². The summed E-state index contributed by atoms with van der Waals surface area (Å²) >= 11 is 0. The first kappa shape index (κ1) is 9.03. The molecule has 3 nitrogen and oxygen atoms in total. The molecule has 1 atom stereocenters. The van der Waals surface area contributed by atoms with E-state index >= 15 is 0 Å². The summed E-state index contributed by atoms with van der Waals surface area (Å²) in [7, 11) is 2.17. The fourth-order valence-electron chi connectivity index (χ4n) is 2.15. The molecular formula is C10H19N3. The molecule has 2 heterocycles. The highest BCUT2D eigenvalue weighted by Gasteiger charge is 2.20. The molecule has 1 saturated heterocycles. The fourth-order valence-corrected chi connectivity index (χ4v) is 2.15. The van der Waals surface area contributed by atoms with E-state index in [9.17, 15) is 0 Å². The predicted octanol–water partition coefficient (Wildman–Crippen LogP) is 0.157. The zero-order valence-electron chi connectivity index (χ0n) is 8.56. The maximum absolute atomic E-state index is 3.63. The Morgan fingerprint density at radius 2 is 2.31 bits per heavy atom. The standard InChI is InChI=1S/C10H19N3/c1-8-6-13(2)7-10(8)12-9-3-4-11-5-9/h9,11-12H,3-7H2,1-2H3. The number of likely N-dealkylation sites (N-methyl/N-ethyl adjacent to an activating group) is 1. The molecule has 0 aromatic carbocycles. The lowest BCUT2D eigenvalue weighted by atomic mass is 10.2. The summed E-state index contributed by atoms with van der Waals surface area (Å²) in [5, 5.41) is 7.01. The van der Waals surface area contributed by atoms with Gasteiger partial charge in [-0.1, -0.05) is 0 Å². The van der Waals surface area contributed by atoms with Gasteiger partial charge >= 0.3 is 0 Å². The molecule has 2 rings (SSSR count). The normalized spacial score (nSPS) is 30.2. The molecule has 0 spiro atoms. The largest absolute Gasteiger partial charge is 0.383 e. The molecule has 0 saturated carbocycles. The van der Waals surface area contributed by atoms with E-state index in [1.807, 2.05) is 0 Å². The Balaban J connectivity index is 1.90. The van der Waals surface area contributed by atoms with Gasteiger partial charge in [-0.25, -0.2) is 0 Å². The first-order valence-corrected chi connectivity index (χ1v) is 5.10. The second kappa shape index (κ2) is 3.68. The summed E-state index contributed by atoms with van der Waals surface area (Å²) in [5.74, 6) is 0. The molecule has 74 valence electrons. The molecule has 0 aromatic rings. The van der Waals surface area contributed by atoms with Crippen LogP contribution in [0, 0.1) is 0 Å². The van der Waals surface area contributed by atoms with Gasteiger partial charge in [-0.15, -0.1) is 0 Å². The van der Waals surface area contributed by atoms with Crippen LogP contribution in [0.1, 0.15) is 13.3 Å². The quantitative estimate of drug-likeness (QED) is 0.635. The van der Waals surface area contributed by atoms with Crippen LogP contribution in [-0.4, -0.2) is 44.2 Å². The van der Waals surface area contributed by atoms with E-state index in [1.54, 1.807) is 0 Å². The van der Waals surface area contributed by atoms with Crippen LogP contribution in [-0.2, 0) is 0 Å². The molecule has 1 fully saturated rings. The molecule has 0 amide bonds. The highest BCUT2D eigenvalue weighted by atomic mass is 15.2. The van der Waals surface area contributed by atoms with Crippen molar-refractivity contribution in [1.82, 2.24) is 15.5 Å². The molecule has 1 unspecified atom stereocenters. The summed E-state index contributed by atoms with van der Waals surface area (Å²) in [5.41, 5.74) is 2.96. The Morgan fingerprint density at radius 3 is 2.85 bits per heavy atom. The number of nitrogens with one attached hydrogen (secondary N) is 2. The van der Waals surface area contributed by atoms with Gasteiger partial charge in [0.15, 0.2) is 0 Å². The van der Waals surface area contributed by atoms with Crippen molar-refractivity contribution in [3.8, 4) is 0 Å². The molecule has 2 aliphatic heterocycles. The van der Waals surface area contributed by atoms with Crippen molar-refractivity contribution in [1.29, 1.82) is 0 Å². The average molecular weight is 181 g/mol. The first-order valence-electron chi connectivity index (χ1n) is 5.10. The van der Waals surface area contributed by atoms with Gasteiger partial charge in [0.05, 0.1) is 0 Å². The van der Waals surface area contributed by atoms with Crippen LogP contribution in [0.25, 0.3) is 0 Å². The predicted molar refractivity (Wildman–Crippen MR) is 54.6 cm³/mol. The third-order valence-electron chi connectivity index (χ3n) is 2.89. The fraction of sp³-hybridized carbons (Fsp3) is 0.800. The number of hydrogen-bond acceptors (Lipinski definition) is 3. The number of nitrogens with zero attached hydrogens (tertiary/aromatic N) is 1. The Kier molecular flexibility index (Phi) is 2.56. The van der Waals surface area contributed by atoms with Gasteiger partial charge in [-0.2, -0.15) is 0 Å². The highest BCUT2D eigenvalue weighted by Crippen LogP contribution is 2.14. The van der Waals surface area contributed by atoms with Crippen LogP contribution < -0.4 is 10.6 Å². The summed E-state index contributed by atoms with van der Waals surface area (Å²) in [6.07, 6.45) is 1.26. The van der Waals surface area contributed by atoms with E-state index in [-0.39, 0.29) is 0 Å². The monoisotopic (exact) mass is 181 g/mol. The highest BCUT2D eigenvalue weighted by molar-refractivity contribution is 5.20. The lowest BCUT2D eigenvalue weighted by Crippen LogP contribution is -2.32. The van der Waals surface area contributed by atoms with Crippen LogP contribution >= 0.6 is 0 Å². The van der Waals surface area contributed by atoms with E-state index in [4.69, 9.17) is 0 Å². The van der Waals surface area contributed by atoms with E-state index in [0.717, 1.165) is 19.6 Å². The second-order valence-corrected chi connectivity index (χ2v) is 4.27. The maximum Gasteiger partial charge on any atom is 0.0395 e. The number of rotatable bonds is 2. The topological polar surface area (TPSA) is 27.3 Å². The Morgan fingerprint density at radius 1 is 1.46 bits per heavy atom. The van der Waals surface area contributed by atoms with Gasteiger partial charge in [0.2, 0.25) is 0 Å². The Bertz CT molecular complexity index is 216. The van der Waals surface area contributed by atoms with Crippen molar-refractivity contribution in [2.75, 3.05) is 33.2 Å². The SMILES string of the molecule is CC1=C(NC2CCNC2)CN(C)C1. The zero-order valence-corrected chi connectivity index (χ0v) is 8.56. The molecule has 13 heavy (non-hydrogen) atoms. The third kappa shape index (κ3) is 2.03. The summed E-state index contributed by atoms with van der Waals surface area (Å²) in [6, 6.07) is 0.663. The smallest absolute Gasteiger partial charge is 0.0395 e. The van der Waals surface area contributed by atoms with Crippen LogP contribution in [0.3, 0.4) is 0 Å². The maximum atomic E-state index is 3.63. The lowest BCUT2D eigenvalue weighted by molar-refractivity contribution is 0.414. The molecule has 0 aliphatic carbocycles. The summed E-state index contributed by atoms with van der Waals surface area (Å²) in [4.78, 5) is 2.35. The van der Waals surface area contributed by atoms with Gasteiger partial charge < -0.3 is 10.6 Å². The van der Waals surface area contributed by atoms with Crippen molar-refractivity contribution < 1.29 is 0 Å². The summed E-state index contributed by atoms with van der Waals surface area (Å²) < 4.78 is 0. The van der Waals surface area contributed by atoms with Gasteiger partial charge in [-0.05, 0) is 32.5 Å². The van der Waals surface area contributed by atoms with Gasteiger partial charge in [0, 0.05) is 31.4 Å². The van der Waals surface area contributed by atoms with Crippen molar-refractivity contribution in [3.63, 3.8) is 0 Å². The minimum Gasteiger partial charge on any atom is -0.383 e. The van der Waals surface area contributed by atoms with Crippen LogP contribution in [0.15, 0.2) is 11.3 Å². The molecule has 2 aliphatic rings. The van der Waals surface area contributed by atoms with E-state index < -0.39 is 0 Å². The van der Waals surface area contributed by atoms with Gasteiger partial charge in [0.1, 0.15) is 0 Å². The minimum absolute atomic E-state index is 0.663. The molecule has 0 aromatic heterocycles. The average Bonchev–Trinajstić information content (AvgIpc) is 2.63. The van der Waals surface area contributed by atoms with Crippen molar-refractivity contribution >= 4 is 0 Å². The minimum atomic E-state index is 0.663. The molecular weight excluding hydrogens is 162 g/mol. The lowest BCUT2D eigenvalue weighted by Gasteiger charge is -2.15. The van der Waals surface area contributed by atoms with Crippen molar-refractivity contribution in [3.05, 3.63) is 11.3 Å². The van der Waals surface area contributed by atoms with E-state index in [0.29, 0.717) is 6.04 Å². The molecule has 0 bridgehead atoms. The number of hydrogen-bond donors (Lipinski definition) is 2. The molecule has 2 N–H and O–H groups in total. The zero-order chi connectivity index (χ0) is 9.26. The van der Waals surface area contributed by atoms with Crippen molar-refractivity contribution in [2.45, 2.75) is 19.4 Å². The van der Waals surface area contributed by atoms with Crippen molar-refractivity contribution in [2.24, 2.45) is 0 Å². The summed E-state index contributed by atoms with van der Waals surface area (Å²) in [6.45, 7) is 6.75. The Hall–Kier alpha value is -0.540. The van der Waals surface area contributed by atoms with Crippen LogP contribution in [0.5, 0.6) is 0 Å². The van der Waals surface area contributed by atoms with Gasteiger partial charge in [0.25, 0.3) is 0 Å². The third-order valence-corrected chi connectivity index (χ3v) is 2.89. The van der Waals surface area contributed by atoms with Crippen LogP contribution in [0.4, 0.5) is 0 Å². The van der Waals surface area contributed by atoms with E-state index in [1.165, 1.54) is 24.2 Å². The van der Waals surface area contributed by atoms with Gasteiger partial charge in [-0.3, -0.25) is 4.90 Å². The molecule has 3 heteroatoms. The first-order chi connectivity index (χ1) is 6.25. The molecule has 0 radical (unpaired) electrons.